The second-order valence-corrected chi connectivity index (χ2v) is 5.48. The minimum atomic E-state index is -0.591. The van der Waals surface area contributed by atoms with E-state index in [4.69, 9.17) is 16.3 Å². The highest BCUT2D eigenvalue weighted by molar-refractivity contribution is 6.64. The van der Waals surface area contributed by atoms with Crippen LogP contribution in [0.15, 0.2) is 60.7 Å². The first kappa shape index (κ1) is 14.6. The van der Waals surface area contributed by atoms with E-state index in [2.05, 4.69) is 0 Å². The second-order valence-electron chi connectivity index (χ2n) is 5.05. The molecule has 5 heteroatoms. The van der Waals surface area contributed by atoms with Gasteiger partial charge < -0.3 is 4.74 Å². The molecule has 0 spiro atoms. The Morgan fingerprint density at radius 3 is 2.09 bits per heavy atom. The third kappa shape index (κ3) is 2.83. The van der Waals surface area contributed by atoms with Gasteiger partial charge in [-0.05, 0) is 22.7 Å². The number of hydrogen-bond acceptors (Lipinski definition) is 3. The zero-order valence-electron chi connectivity index (χ0n) is 11.7. The molecule has 1 aliphatic heterocycles. The van der Waals surface area contributed by atoms with Crippen molar-refractivity contribution in [1.29, 1.82) is 0 Å². The number of benzene rings is 2. The monoisotopic (exact) mass is 315 g/mol. The van der Waals surface area contributed by atoms with Crippen molar-refractivity contribution in [1.82, 2.24) is 4.90 Å². The van der Waals surface area contributed by atoms with Crippen LogP contribution in [-0.2, 0) is 9.53 Å². The minimum Gasteiger partial charge on any atom is -0.439 e. The van der Waals surface area contributed by atoms with Crippen molar-refractivity contribution < 1.29 is 14.3 Å². The normalized spacial score (nSPS) is 20.8. The quantitative estimate of drug-likeness (QED) is 0.808. The molecule has 0 unspecified atom stereocenters. The molecule has 1 saturated heterocycles. The average Bonchev–Trinajstić information content (AvgIpc) is 2.85. The third-order valence-corrected chi connectivity index (χ3v) is 3.77. The first-order chi connectivity index (χ1) is 10.7. The van der Waals surface area contributed by atoms with E-state index in [0.717, 1.165) is 11.1 Å². The van der Waals surface area contributed by atoms with Crippen LogP contribution in [0.3, 0.4) is 0 Å². The van der Waals surface area contributed by atoms with Gasteiger partial charge in [0, 0.05) is 0 Å². The summed E-state index contributed by atoms with van der Waals surface area (Å²) in [6, 6.07) is 18.6. The van der Waals surface area contributed by atoms with Crippen LogP contribution in [-0.4, -0.2) is 22.8 Å². The summed E-state index contributed by atoms with van der Waals surface area (Å²) in [5, 5.41) is -0.591. The Hall–Kier alpha value is -2.33. The Balaban J connectivity index is 2.02. The average molecular weight is 316 g/mol. The van der Waals surface area contributed by atoms with Gasteiger partial charge in [-0.15, -0.1) is 0 Å². The predicted octanol–water partition coefficient (Wildman–Crippen LogP) is 3.69. The second kappa shape index (κ2) is 6.20. The summed E-state index contributed by atoms with van der Waals surface area (Å²) in [6.45, 7) is -0.177. The summed E-state index contributed by atoms with van der Waals surface area (Å²) < 4.78 is 5.50. The van der Waals surface area contributed by atoms with Crippen LogP contribution in [0.1, 0.15) is 23.3 Å². The first-order valence-corrected chi connectivity index (χ1v) is 7.30. The zero-order chi connectivity index (χ0) is 15.5. The molecule has 1 aliphatic rings. The van der Waals surface area contributed by atoms with E-state index in [0.29, 0.717) is 0 Å². The molecule has 1 heterocycles. The largest absolute Gasteiger partial charge is 0.439 e. The lowest BCUT2D eigenvalue weighted by atomic mass is 9.95. The van der Waals surface area contributed by atoms with E-state index in [1.54, 1.807) is 0 Å². The summed E-state index contributed by atoms with van der Waals surface area (Å²) in [5.74, 6) is 0. The molecule has 112 valence electrons. The molecular formula is C17H14ClNO3. The molecule has 0 aromatic heterocycles. The van der Waals surface area contributed by atoms with Gasteiger partial charge in [-0.1, -0.05) is 60.7 Å². The van der Waals surface area contributed by atoms with Gasteiger partial charge in [-0.2, -0.15) is 0 Å². The van der Waals surface area contributed by atoms with Gasteiger partial charge >= 0.3 is 6.09 Å². The fourth-order valence-electron chi connectivity index (χ4n) is 2.71. The van der Waals surface area contributed by atoms with Crippen LogP contribution in [0.4, 0.5) is 4.79 Å². The van der Waals surface area contributed by atoms with Gasteiger partial charge in [0.25, 0.3) is 0 Å². The van der Waals surface area contributed by atoms with Gasteiger partial charge in [0.05, 0.1) is 6.54 Å². The Bertz CT molecular complexity index is 675. The number of carbonyl (C=O) groups excluding carboxylic acids is 2. The number of carbonyl (C=O) groups is 2. The summed E-state index contributed by atoms with van der Waals surface area (Å²) in [7, 11) is 0. The molecule has 2 aromatic rings. The standard InChI is InChI=1S/C17H14ClNO3/c18-14(20)11-19-15(12-7-3-1-4-8-12)16(22-17(19)21)13-9-5-2-6-10-13/h1-10,15-16H,11H2/t15-,16+/m1/s1. The number of hydrogen-bond donors (Lipinski definition) is 0. The Labute approximate surface area is 133 Å². The molecule has 0 saturated carbocycles. The highest BCUT2D eigenvalue weighted by atomic mass is 35.5. The molecule has 1 amide bonds. The summed E-state index contributed by atoms with van der Waals surface area (Å²) in [4.78, 5) is 24.8. The molecule has 22 heavy (non-hydrogen) atoms. The topological polar surface area (TPSA) is 46.6 Å². The summed E-state index contributed by atoms with van der Waals surface area (Å²) in [5.41, 5.74) is 1.79. The van der Waals surface area contributed by atoms with Crippen LogP contribution < -0.4 is 0 Å². The van der Waals surface area contributed by atoms with Crippen molar-refractivity contribution in [2.24, 2.45) is 0 Å². The van der Waals surface area contributed by atoms with E-state index in [1.165, 1.54) is 4.90 Å². The number of nitrogens with zero attached hydrogens (tertiary/aromatic N) is 1. The summed E-state index contributed by atoms with van der Waals surface area (Å²) >= 11 is 5.48. The molecule has 3 rings (SSSR count). The fourth-order valence-corrected chi connectivity index (χ4v) is 2.84. The van der Waals surface area contributed by atoms with E-state index >= 15 is 0 Å². The molecule has 0 bridgehead atoms. The molecule has 0 aliphatic carbocycles. The van der Waals surface area contributed by atoms with E-state index in [-0.39, 0.29) is 12.6 Å². The van der Waals surface area contributed by atoms with E-state index in [9.17, 15) is 9.59 Å². The molecule has 4 nitrogen and oxygen atoms in total. The highest BCUT2D eigenvalue weighted by Gasteiger charge is 2.43. The number of ether oxygens (including phenoxy) is 1. The van der Waals surface area contributed by atoms with Crippen LogP contribution >= 0.6 is 11.6 Å². The Morgan fingerprint density at radius 1 is 1.00 bits per heavy atom. The number of rotatable bonds is 4. The molecule has 0 radical (unpaired) electrons. The van der Waals surface area contributed by atoms with Gasteiger partial charge in [0.1, 0.15) is 6.04 Å². The minimum absolute atomic E-state index is 0.177. The molecule has 1 fully saturated rings. The number of cyclic esters (lactones) is 1. The number of halogens is 1. The van der Waals surface area contributed by atoms with Crippen LogP contribution in [0, 0.1) is 0 Å². The summed E-state index contributed by atoms with van der Waals surface area (Å²) in [6.07, 6.45) is -0.996. The van der Waals surface area contributed by atoms with Crippen molar-refractivity contribution in [3.05, 3.63) is 71.8 Å². The molecular weight excluding hydrogens is 302 g/mol. The lowest BCUT2D eigenvalue weighted by Crippen LogP contribution is -2.31. The van der Waals surface area contributed by atoms with E-state index < -0.39 is 17.4 Å². The molecule has 0 N–H and O–H groups in total. The maximum atomic E-state index is 12.2. The Morgan fingerprint density at radius 2 is 1.55 bits per heavy atom. The predicted molar refractivity (Wildman–Crippen MR) is 82.4 cm³/mol. The maximum absolute atomic E-state index is 12.2. The lowest BCUT2D eigenvalue weighted by Gasteiger charge is -2.24. The van der Waals surface area contributed by atoms with Crippen molar-refractivity contribution in [3.8, 4) is 0 Å². The van der Waals surface area contributed by atoms with Crippen molar-refractivity contribution >= 4 is 22.9 Å². The zero-order valence-corrected chi connectivity index (χ0v) is 12.4. The smallest absolute Gasteiger partial charge is 0.411 e. The van der Waals surface area contributed by atoms with Crippen LogP contribution in [0.25, 0.3) is 0 Å². The van der Waals surface area contributed by atoms with Gasteiger partial charge in [0.15, 0.2) is 6.10 Å². The van der Waals surface area contributed by atoms with E-state index in [1.807, 2.05) is 60.7 Å². The van der Waals surface area contributed by atoms with Crippen molar-refractivity contribution in [3.63, 3.8) is 0 Å². The van der Waals surface area contributed by atoms with Crippen molar-refractivity contribution in [2.75, 3.05) is 6.54 Å². The van der Waals surface area contributed by atoms with Gasteiger partial charge in [-0.25, -0.2) is 4.79 Å². The van der Waals surface area contributed by atoms with Gasteiger partial charge in [-0.3, -0.25) is 9.69 Å². The molecule has 2 atom stereocenters. The number of amides is 1. The van der Waals surface area contributed by atoms with Crippen molar-refractivity contribution in [2.45, 2.75) is 12.1 Å². The van der Waals surface area contributed by atoms with Gasteiger partial charge in [0.2, 0.25) is 5.24 Å². The highest BCUT2D eigenvalue weighted by Crippen LogP contribution is 2.42. The fraction of sp³-hybridized carbons (Fsp3) is 0.176. The third-order valence-electron chi connectivity index (χ3n) is 3.65. The SMILES string of the molecule is O=C(Cl)CN1C(=O)O[C@@H](c2ccccc2)[C@H]1c1ccccc1. The molecule has 2 aromatic carbocycles. The lowest BCUT2D eigenvalue weighted by molar-refractivity contribution is -0.112. The van der Waals surface area contributed by atoms with Crippen LogP contribution in [0.2, 0.25) is 0 Å². The first-order valence-electron chi connectivity index (χ1n) is 6.92. The Kier molecular flexibility index (Phi) is 4.11. The maximum Gasteiger partial charge on any atom is 0.411 e. The van der Waals surface area contributed by atoms with Crippen LogP contribution in [0.5, 0.6) is 0 Å².